The van der Waals surface area contributed by atoms with Crippen LogP contribution in [-0.2, 0) is 0 Å². The molecule has 100 valence electrons. The van der Waals surface area contributed by atoms with Gasteiger partial charge in [0.2, 0.25) is 0 Å². The number of anilines is 1. The number of benzene rings is 1. The van der Waals surface area contributed by atoms with Gasteiger partial charge in [-0.1, -0.05) is 0 Å². The fourth-order valence-electron chi connectivity index (χ4n) is 2.31. The fraction of sp³-hybridized carbons (Fsp3) is 0.571. The van der Waals surface area contributed by atoms with E-state index in [4.69, 9.17) is 10.5 Å². The van der Waals surface area contributed by atoms with Crippen LogP contribution in [-0.4, -0.2) is 26.0 Å². The standard InChI is InChI=1S/C14H22N2OS/c1-17-13-10-12(15)2-3-14(13)18-9-6-11-4-7-16-8-5-11/h2-3,10-11,16H,4-9,15H2,1H3. The summed E-state index contributed by atoms with van der Waals surface area (Å²) in [7, 11) is 1.70. The molecule has 1 fully saturated rings. The molecule has 0 atom stereocenters. The number of hydrogen-bond donors (Lipinski definition) is 2. The highest BCUT2D eigenvalue weighted by Gasteiger charge is 2.13. The van der Waals surface area contributed by atoms with Crippen molar-refractivity contribution in [1.82, 2.24) is 5.32 Å². The number of methoxy groups -OCH3 is 1. The molecule has 1 aromatic carbocycles. The number of rotatable bonds is 5. The molecule has 1 heterocycles. The van der Waals surface area contributed by atoms with E-state index in [2.05, 4.69) is 11.4 Å². The third kappa shape index (κ3) is 3.82. The largest absolute Gasteiger partial charge is 0.496 e. The molecular weight excluding hydrogens is 244 g/mol. The van der Waals surface area contributed by atoms with Crippen molar-refractivity contribution in [3.05, 3.63) is 18.2 Å². The summed E-state index contributed by atoms with van der Waals surface area (Å²) in [5.41, 5.74) is 6.51. The van der Waals surface area contributed by atoms with E-state index in [1.165, 1.54) is 37.2 Å². The highest BCUT2D eigenvalue weighted by Crippen LogP contribution is 2.32. The predicted molar refractivity (Wildman–Crippen MR) is 78.3 cm³/mol. The summed E-state index contributed by atoms with van der Waals surface area (Å²) in [6.07, 6.45) is 3.93. The van der Waals surface area contributed by atoms with Crippen molar-refractivity contribution in [2.75, 3.05) is 31.7 Å². The molecule has 1 saturated heterocycles. The van der Waals surface area contributed by atoms with Crippen molar-refractivity contribution in [3.63, 3.8) is 0 Å². The molecule has 0 radical (unpaired) electrons. The van der Waals surface area contributed by atoms with Gasteiger partial charge in [-0.2, -0.15) is 0 Å². The number of nitrogen functional groups attached to an aromatic ring is 1. The molecule has 0 unspecified atom stereocenters. The first-order valence-electron chi connectivity index (χ1n) is 6.56. The van der Waals surface area contributed by atoms with Gasteiger partial charge in [-0.05, 0) is 56.2 Å². The van der Waals surface area contributed by atoms with Gasteiger partial charge >= 0.3 is 0 Å². The van der Waals surface area contributed by atoms with Gasteiger partial charge in [-0.3, -0.25) is 0 Å². The van der Waals surface area contributed by atoms with Crippen LogP contribution in [0, 0.1) is 5.92 Å². The van der Waals surface area contributed by atoms with Crippen molar-refractivity contribution in [2.24, 2.45) is 5.92 Å². The summed E-state index contributed by atoms with van der Waals surface area (Å²) in [4.78, 5) is 1.20. The van der Waals surface area contributed by atoms with E-state index >= 15 is 0 Å². The second-order valence-electron chi connectivity index (χ2n) is 4.74. The quantitative estimate of drug-likeness (QED) is 0.635. The van der Waals surface area contributed by atoms with Gasteiger partial charge in [-0.25, -0.2) is 0 Å². The van der Waals surface area contributed by atoms with Gasteiger partial charge in [0.1, 0.15) is 5.75 Å². The molecule has 0 bridgehead atoms. The summed E-state index contributed by atoms with van der Waals surface area (Å²) in [5, 5.41) is 3.41. The average molecular weight is 266 g/mol. The summed E-state index contributed by atoms with van der Waals surface area (Å²) >= 11 is 1.87. The Balaban J connectivity index is 1.82. The van der Waals surface area contributed by atoms with Gasteiger partial charge in [0.15, 0.2) is 0 Å². The Morgan fingerprint density at radius 1 is 1.39 bits per heavy atom. The first kappa shape index (κ1) is 13.6. The van der Waals surface area contributed by atoms with Crippen molar-refractivity contribution in [2.45, 2.75) is 24.2 Å². The van der Waals surface area contributed by atoms with Crippen molar-refractivity contribution >= 4 is 17.4 Å². The van der Waals surface area contributed by atoms with Gasteiger partial charge in [0, 0.05) is 16.6 Å². The van der Waals surface area contributed by atoms with Gasteiger partial charge in [0.25, 0.3) is 0 Å². The molecule has 0 aliphatic carbocycles. The lowest BCUT2D eigenvalue weighted by molar-refractivity contribution is 0.367. The van der Waals surface area contributed by atoms with Crippen molar-refractivity contribution in [3.8, 4) is 5.75 Å². The second kappa shape index (κ2) is 6.90. The summed E-state index contributed by atoms with van der Waals surface area (Å²) in [5.74, 6) is 2.94. The Labute approximate surface area is 113 Å². The van der Waals surface area contributed by atoms with E-state index in [9.17, 15) is 0 Å². The number of ether oxygens (including phenoxy) is 1. The minimum atomic E-state index is 0.759. The molecule has 1 aliphatic heterocycles. The predicted octanol–water partition coefficient (Wildman–Crippen LogP) is 2.76. The van der Waals surface area contributed by atoms with Crippen LogP contribution in [0.3, 0.4) is 0 Å². The maximum atomic E-state index is 5.75. The van der Waals surface area contributed by atoms with Crippen molar-refractivity contribution < 1.29 is 4.74 Å². The summed E-state index contributed by atoms with van der Waals surface area (Å²) in [6, 6.07) is 5.89. The molecule has 3 N–H and O–H groups in total. The molecule has 0 saturated carbocycles. The Morgan fingerprint density at radius 3 is 2.89 bits per heavy atom. The van der Waals surface area contributed by atoms with Crippen LogP contribution in [0.1, 0.15) is 19.3 Å². The van der Waals surface area contributed by atoms with Crippen LogP contribution in [0.25, 0.3) is 0 Å². The normalized spacial score (nSPS) is 16.7. The molecule has 0 aromatic heterocycles. The Kier molecular flexibility index (Phi) is 5.20. The lowest BCUT2D eigenvalue weighted by Crippen LogP contribution is -2.27. The van der Waals surface area contributed by atoms with Crippen LogP contribution >= 0.6 is 11.8 Å². The summed E-state index contributed by atoms with van der Waals surface area (Å²) < 4.78 is 5.36. The number of nitrogens with two attached hydrogens (primary N) is 1. The number of nitrogens with one attached hydrogen (secondary N) is 1. The van der Waals surface area contributed by atoms with Gasteiger partial charge in [0.05, 0.1) is 7.11 Å². The smallest absolute Gasteiger partial charge is 0.134 e. The Bertz CT molecular complexity index is 378. The van der Waals surface area contributed by atoms with Gasteiger partial charge < -0.3 is 15.8 Å². The zero-order valence-electron chi connectivity index (χ0n) is 10.9. The van der Waals surface area contributed by atoms with Crippen LogP contribution in [0.2, 0.25) is 0 Å². The number of thioether (sulfide) groups is 1. The minimum Gasteiger partial charge on any atom is -0.496 e. The summed E-state index contributed by atoms with van der Waals surface area (Å²) in [6.45, 7) is 2.36. The second-order valence-corrected chi connectivity index (χ2v) is 5.88. The molecule has 18 heavy (non-hydrogen) atoms. The number of hydrogen-bond acceptors (Lipinski definition) is 4. The van der Waals surface area contributed by atoms with E-state index < -0.39 is 0 Å². The first-order chi connectivity index (χ1) is 8.79. The molecule has 2 rings (SSSR count). The Hall–Kier alpha value is -0.870. The zero-order chi connectivity index (χ0) is 12.8. The maximum absolute atomic E-state index is 5.75. The van der Waals surface area contributed by atoms with Crippen LogP contribution < -0.4 is 15.8 Å². The fourth-order valence-corrected chi connectivity index (χ4v) is 3.43. The molecule has 0 spiro atoms. The third-order valence-electron chi connectivity index (χ3n) is 3.43. The molecule has 0 amide bonds. The highest BCUT2D eigenvalue weighted by molar-refractivity contribution is 7.99. The molecule has 1 aromatic rings. The monoisotopic (exact) mass is 266 g/mol. The van der Waals surface area contributed by atoms with E-state index in [0.29, 0.717) is 0 Å². The molecule has 4 heteroatoms. The van der Waals surface area contributed by atoms with Crippen molar-refractivity contribution in [1.29, 1.82) is 0 Å². The third-order valence-corrected chi connectivity index (χ3v) is 4.52. The lowest BCUT2D eigenvalue weighted by atomic mass is 9.96. The van der Waals surface area contributed by atoms with E-state index in [1.807, 2.05) is 23.9 Å². The SMILES string of the molecule is COc1cc(N)ccc1SCCC1CCNCC1. The molecule has 3 nitrogen and oxygen atoms in total. The maximum Gasteiger partial charge on any atom is 0.134 e. The zero-order valence-corrected chi connectivity index (χ0v) is 11.8. The van der Waals surface area contributed by atoms with E-state index in [1.54, 1.807) is 7.11 Å². The van der Waals surface area contributed by atoms with Crippen LogP contribution in [0.4, 0.5) is 5.69 Å². The van der Waals surface area contributed by atoms with E-state index in [0.717, 1.165) is 23.1 Å². The molecular formula is C14H22N2OS. The topological polar surface area (TPSA) is 47.3 Å². The first-order valence-corrected chi connectivity index (χ1v) is 7.55. The lowest BCUT2D eigenvalue weighted by Gasteiger charge is -2.22. The highest BCUT2D eigenvalue weighted by atomic mass is 32.2. The molecule has 1 aliphatic rings. The van der Waals surface area contributed by atoms with E-state index in [-0.39, 0.29) is 0 Å². The average Bonchev–Trinajstić information content (AvgIpc) is 2.41. The van der Waals surface area contributed by atoms with Crippen LogP contribution in [0.5, 0.6) is 5.75 Å². The number of piperidine rings is 1. The minimum absolute atomic E-state index is 0.759. The van der Waals surface area contributed by atoms with Gasteiger partial charge in [-0.15, -0.1) is 11.8 Å². The van der Waals surface area contributed by atoms with Crippen LogP contribution in [0.15, 0.2) is 23.1 Å². The Morgan fingerprint density at radius 2 is 2.17 bits per heavy atom.